The minimum atomic E-state index is -0.345. The van der Waals surface area contributed by atoms with Gasteiger partial charge in [0.15, 0.2) is 0 Å². The largest absolute Gasteiger partial charge is 0.394 e. The van der Waals surface area contributed by atoms with Gasteiger partial charge in [0.2, 0.25) is 0 Å². The molecule has 2 saturated heterocycles. The van der Waals surface area contributed by atoms with Gasteiger partial charge >= 0.3 is 0 Å². The van der Waals surface area contributed by atoms with Crippen LogP contribution < -0.4 is 0 Å². The molecule has 0 aromatic carbocycles. The minimum absolute atomic E-state index is 0.189. The number of hydrogen-bond donors (Lipinski definition) is 2. The monoisotopic (exact) mass is 338 g/mol. The Kier molecular flexibility index (Phi) is 9.21. The molecule has 4 nitrogen and oxygen atoms in total. The molecule has 2 aliphatic heterocycles. The van der Waals surface area contributed by atoms with Crippen LogP contribution in [0.5, 0.6) is 0 Å². The summed E-state index contributed by atoms with van der Waals surface area (Å²) in [5.41, 5.74) is 0. The Morgan fingerprint density at radius 2 is 1.58 bits per heavy atom. The molecule has 2 N–H and O–H groups in total. The van der Waals surface area contributed by atoms with Crippen molar-refractivity contribution in [3.05, 3.63) is 25.3 Å². The normalized spacial score (nSPS) is 30.3. The van der Waals surface area contributed by atoms with Crippen LogP contribution in [0.1, 0.15) is 40.5 Å². The van der Waals surface area contributed by atoms with Gasteiger partial charge in [0.05, 0.1) is 18.8 Å². The van der Waals surface area contributed by atoms with Crippen molar-refractivity contribution >= 4 is 0 Å². The molecule has 24 heavy (non-hydrogen) atoms. The Morgan fingerprint density at radius 1 is 1.00 bits per heavy atom. The number of nitrogens with zero attached hydrogens (tertiary/aromatic N) is 2. The van der Waals surface area contributed by atoms with E-state index < -0.39 is 0 Å². The van der Waals surface area contributed by atoms with Crippen molar-refractivity contribution in [1.29, 1.82) is 0 Å². The second-order valence-electron chi connectivity index (χ2n) is 8.01. The van der Waals surface area contributed by atoms with Crippen molar-refractivity contribution in [2.45, 2.75) is 64.8 Å². The van der Waals surface area contributed by atoms with Gasteiger partial charge in [-0.25, -0.2) is 0 Å². The highest BCUT2D eigenvalue weighted by atomic mass is 16.3. The molecule has 2 heterocycles. The van der Waals surface area contributed by atoms with E-state index in [9.17, 15) is 5.11 Å². The van der Waals surface area contributed by atoms with Gasteiger partial charge in [-0.05, 0) is 24.7 Å². The summed E-state index contributed by atoms with van der Waals surface area (Å²) in [4.78, 5) is 4.60. The van der Waals surface area contributed by atoms with Gasteiger partial charge in [0, 0.05) is 31.7 Å². The van der Waals surface area contributed by atoms with E-state index in [2.05, 4.69) is 50.7 Å². The standard InChI is InChI=1S/2C10H19NO/c1-4-10(12)7-11-6-9(11)5-8(2)3;1-4-9(7-12)11-6-10(11)5-8(2)3/h2*4,8-10,12H,1,5-7H2,2-3H3. The van der Waals surface area contributed by atoms with Crippen LogP contribution in [0.25, 0.3) is 0 Å². The predicted molar refractivity (Wildman–Crippen MR) is 102 cm³/mol. The van der Waals surface area contributed by atoms with E-state index in [0.717, 1.165) is 37.5 Å². The molecule has 0 amide bonds. The third-order valence-corrected chi connectivity index (χ3v) is 4.65. The van der Waals surface area contributed by atoms with Gasteiger partial charge in [0.25, 0.3) is 0 Å². The second-order valence-corrected chi connectivity index (χ2v) is 8.01. The van der Waals surface area contributed by atoms with Crippen molar-refractivity contribution in [3.63, 3.8) is 0 Å². The van der Waals surface area contributed by atoms with Crippen LogP contribution in [0.3, 0.4) is 0 Å². The van der Waals surface area contributed by atoms with Crippen molar-refractivity contribution in [2.24, 2.45) is 11.8 Å². The van der Waals surface area contributed by atoms with Gasteiger partial charge in [0.1, 0.15) is 0 Å². The second kappa shape index (κ2) is 10.3. The molecule has 6 unspecified atom stereocenters. The number of rotatable bonds is 10. The molecule has 0 radical (unpaired) electrons. The SMILES string of the molecule is C=CC(CO)N1CC1CC(C)C.C=CC(O)CN1CC1CC(C)C. The molecule has 0 aromatic heterocycles. The van der Waals surface area contributed by atoms with Crippen LogP contribution >= 0.6 is 0 Å². The Morgan fingerprint density at radius 3 is 2.04 bits per heavy atom. The van der Waals surface area contributed by atoms with Gasteiger partial charge in [-0.15, -0.1) is 13.2 Å². The van der Waals surface area contributed by atoms with E-state index >= 15 is 0 Å². The van der Waals surface area contributed by atoms with Crippen LogP contribution in [0.2, 0.25) is 0 Å². The lowest BCUT2D eigenvalue weighted by Gasteiger charge is -2.12. The Bertz CT molecular complexity index is 384. The van der Waals surface area contributed by atoms with E-state index in [1.807, 2.05) is 6.08 Å². The first-order valence-electron chi connectivity index (χ1n) is 9.36. The molecule has 4 heteroatoms. The zero-order chi connectivity index (χ0) is 18.3. The van der Waals surface area contributed by atoms with E-state index in [-0.39, 0.29) is 18.8 Å². The summed E-state index contributed by atoms with van der Waals surface area (Å²) in [7, 11) is 0. The topological polar surface area (TPSA) is 46.5 Å². The maximum absolute atomic E-state index is 9.26. The zero-order valence-electron chi connectivity index (χ0n) is 16.1. The summed E-state index contributed by atoms with van der Waals surface area (Å²) in [6, 6.07) is 1.61. The molecule has 140 valence electrons. The Balaban J connectivity index is 0.000000240. The summed E-state index contributed by atoms with van der Waals surface area (Å²) in [6.07, 6.45) is 5.58. The number of aliphatic hydroxyl groups is 2. The Labute approximate surface area is 148 Å². The smallest absolute Gasteiger partial charge is 0.0845 e. The molecule has 0 aliphatic carbocycles. The predicted octanol–water partition coefficient (Wildman–Crippen LogP) is 2.53. The number of β-amino-alcohol motifs (C(OH)–C–C–N with tert-alkyl or cyclic N) is 1. The van der Waals surface area contributed by atoms with Crippen LogP contribution in [0, 0.1) is 11.8 Å². The maximum atomic E-state index is 9.26. The highest BCUT2D eigenvalue weighted by molar-refractivity contribution is 5.01. The molecule has 2 fully saturated rings. The Hall–Kier alpha value is -0.680. The summed E-state index contributed by atoms with van der Waals surface area (Å²) in [6.45, 7) is 19.5. The maximum Gasteiger partial charge on any atom is 0.0845 e. The van der Waals surface area contributed by atoms with Gasteiger partial charge in [-0.3, -0.25) is 9.80 Å². The number of hydrogen-bond acceptors (Lipinski definition) is 4. The molecule has 2 aliphatic rings. The summed E-state index contributed by atoms with van der Waals surface area (Å²) in [5, 5.41) is 18.2. The third-order valence-electron chi connectivity index (χ3n) is 4.65. The van der Waals surface area contributed by atoms with Crippen LogP contribution in [0.15, 0.2) is 25.3 Å². The first-order chi connectivity index (χ1) is 11.3. The summed E-state index contributed by atoms with van der Waals surface area (Å²) < 4.78 is 0. The molecule has 0 spiro atoms. The lowest BCUT2D eigenvalue weighted by Crippen LogP contribution is -2.22. The van der Waals surface area contributed by atoms with Crippen LogP contribution in [-0.4, -0.2) is 70.5 Å². The van der Waals surface area contributed by atoms with Gasteiger partial charge < -0.3 is 10.2 Å². The molecule has 0 aromatic rings. The van der Waals surface area contributed by atoms with Crippen LogP contribution in [-0.2, 0) is 0 Å². The average molecular weight is 339 g/mol. The fraction of sp³-hybridized carbons (Fsp3) is 0.800. The number of aliphatic hydroxyl groups excluding tert-OH is 2. The van der Waals surface area contributed by atoms with Gasteiger partial charge in [-0.1, -0.05) is 39.8 Å². The van der Waals surface area contributed by atoms with E-state index in [1.54, 1.807) is 6.08 Å². The highest BCUT2D eigenvalue weighted by Crippen LogP contribution is 2.27. The molecular formula is C20H38N2O2. The minimum Gasteiger partial charge on any atom is -0.394 e. The fourth-order valence-electron chi connectivity index (χ4n) is 3.20. The lowest BCUT2D eigenvalue weighted by atomic mass is 10.1. The van der Waals surface area contributed by atoms with Crippen LogP contribution in [0.4, 0.5) is 0 Å². The molecule has 2 rings (SSSR count). The summed E-state index contributed by atoms with van der Waals surface area (Å²) in [5.74, 6) is 1.52. The van der Waals surface area contributed by atoms with Crippen molar-refractivity contribution in [1.82, 2.24) is 9.80 Å². The van der Waals surface area contributed by atoms with Crippen molar-refractivity contribution < 1.29 is 10.2 Å². The zero-order valence-corrected chi connectivity index (χ0v) is 16.1. The van der Waals surface area contributed by atoms with E-state index in [4.69, 9.17) is 5.11 Å². The molecular weight excluding hydrogens is 300 g/mol. The highest BCUT2D eigenvalue weighted by Gasteiger charge is 2.38. The lowest BCUT2D eigenvalue weighted by molar-refractivity contribution is 0.194. The molecule has 0 saturated carbocycles. The quantitative estimate of drug-likeness (QED) is 0.475. The third kappa shape index (κ3) is 7.93. The first-order valence-corrected chi connectivity index (χ1v) is 9.36. The fourth-order valence-corrected chi connectivity index (χ4v) is 3.20. The first kappa shape index (κ1) is 21.4. The van der Waals surface area contributed by atoms with E-state index in [1.165, 1.54) is 12.8 Å². The van der Waals surface area contributed by atoms with Crippen molar-refractivity contribution in [2.75, 3.05) is 26.2 Å². The summed E-state index contributed by atoms with van der Waals surface area (Å²) >= 11 is 0. The van der Waals surface area contributed by atoms with Gasteiger partial charge in [-0.2, -0.15) is 0 Å². The average Bonchev–Trinajstić information content (AvgIpc) is 3.40. The molecule has 6 atom stereocenters. The molecule has 0 bridgehead atoms. The van der Waals surface area contributed by atoms with E-state index in [0.29, 0.717) is 6.04 Å². The van der Waals surface area contributed by atoms with Crippen molar-refractivity contribution in [3.8, 4) is 0 Å².